The molecular formula is C16H17FN2O. The van der Waals surface area contributed by atoms with Crippen LogP contribution in [0, 0.1) is 5.82 Å². The molecule has 104 valence electrons. The second-order valence-corrected chi connectivity index (χ2v) is 4.85. The highest BCUT2D eigenvalue weighted by Gasteiger charge is 2.20. The first kappa shape index (κ1) is 13.1. The molecular weight excluding hydrogens is 255 g/mol. The zero-order valence-corrected chi connectivity index (χ0v) is 11.4. The molecule has 0 aliphatic carbocycles. The van der Waals surface area contributed by atoms with Gasteiger partial charge in [0.05, 0.1) is 18.8 Å². The van der Waals surface area contributed by atoms with Gasteiger partial charge in [-0.1, -0.05) is 19.1 Å². The molecule has 1 N–H and O–H groups in total. The average molecular weight is 272 g/mol. The van der Waals surface area contributed by atoms with Gasteiger partial charge in [0, 0.05) is 18.2 Å². The van der Waals surface area contributed by atoms with Crippen molar-refractivity contribution in [2.24, 2.45) is 0 Å². The summed E-state index contributed by atoms with van der Waals surface area (Å²) in [5, 5.41) is 3.34. The minimum absolute atomic E-state index is 0.158. The number of rotatable bonds is 4. The summed E-state index contributed by atoms with van der Waals surface area (Å²) >= 11 is 0. The molecule has 1 aromatic carbocycles. The van der Waals surface area contributed by atoms with Gasteiger partial charge in [0.15, 0.2) is 0 Å². The summed E-state index contributed by atoms with van der Waals surface area (Å²) in [6.45, 7) is 3.51. The summed E-state index contributed by atoms with van der Waals surface area (Å²) in [5.41, 5.74) is 2.88. The fraction of sp³-hybridized carbons (Fsp3) is 0.312. The van der Waals surface area contributed by atoms with Crippen molar-refractivity contribution in [1.82, 2.24) is 10.3 Å². The molecule has 2 aromatic rings. The molecule has 3 rings (SSSR count). The Morgan fingerprint density at radius 2 is 2.30 bits per heavy atom. The van der Waals surface area contributed by atoms with E-state index in [4.69, 9.17) is 4.74 Å². The summed E-state index contributed by atoms with van der Waals surface area (Å²) in [5.74, 6) is 0.661. The average Bonchev–Trinajstić information content (AvgIpc) is 2.93. The molecule has 1 unspecified atom stereocenters. The first-order valence-corrected chi connectivity index (χ1v) is 6.88. The molecule has 1 atom stereocenters. The van der Waals surface area contributed by atoms with Gasteiger partial charge >= 0.3 is 0 Å². The molecule has 1 aromatic heterocycles. The fourth-order valence-corrected chi connectivity index (χ4v) is 2.62. The Morgan fingerprint density at radius 1 is 1.40 bits per heavy atom. The number of fused-ring (bicyclic) bond motifs is 1. The van der Waals surface area contributed by atoms with Crippen LogP contribution in [-0.4, -0.2) is 18.1 Å². The Morgan fingerprint density at radius 3 is 3.10 bits per heavy atom. The lowest BCUT2D eigenvalue weighted by molar-refractivity contribution is 0.357. The molecule has 3 nitrogen and oxygen atoms in total. The lowest BCUT2D eigenvalue weighted by Gasteiger charge is -2.20. The van der Waals surface area contributed by atoms with E-state index < -0.39 is 0 Å². The Balaban J connectivity index is 2.01. The van der Waals surface area contributed by atoms with Crippen molar-refractivity contribution >= 4 is 0 Å². The summed E-state index contributed by atoms with van der Waals surface area (Å²) in [7, 11) is 0. The predicted molar refractivity (Wildman–Crippen MR) is 75.4 cm³/mol. The Labute approximate surface area is 117 Å². The highest BCUT2D eigenvalue weighted by atomic mass is 19.1. The lowest BCUT2D eigenvalue weighted by Crippen LogP contribution is -2.23. The van der Waals surface area contributed by atoms with Gasteiger partial charge < -0.3 is 10.1 Å². The molecule has 0 fully saturated rings. The number of aromatic nitrogens is 1. The molecule has 1 aliphatic rings. The molecule has 0 radical (unpaired) electrons. The van der Waals surface area contributed by atoms with E-state index >= 15 is 0 Å². The quantitative estimate of drug-likeness (QED) is 0.929. The molecule has 0 bridgehead atoms. The molecule has 0 spiro atoms. The van der Waals surface area contributed by atoms with Crippen LogP contribution in [0.3, 0.4) is 0 Å². The van der Waals surface area contributed by atoms with Crippen LogP contribution >= 0.6 is 0 Å². The normalized spacial score (nSPS) is 14.7. The molecule has 0 saturated heterocycles. The topological polar surface area (TPSA) is 34.1 Å². The molecule has 4 heteroatoms. The standard InChI is InChI=1S/C16H17FN2O/c1-2-19-16(13-5-7-18-10-14(13)17)12-3-4-15-11(9-12)6-8-20-15/h3-5,7,9-10,16,19H,2,6,8H2,1H3. The Kier molecular flexibility index (Phi) is 3.65. The molecule has 0 saturated carbocycles. The van der Waals surface area contributed by atoms with Gasteiger partial charge in [-0.05, 0) is 29.8 Å². The van der Waals surface area contributed by atoms with Crippen molar-refractivity contribution in [3.8, 4) is 5.75 Å². The van der Waals surface area contributed by atoms with Crippen LogP contribution < -0.4 is 10.1 Å². The van der Waals surface area contributed by atoms with E-state index in [9.17, 15) is 4.39 Å². The van der Waals surface area contributed by atoms with Gasteiger partial charge in [-0.3, -0.25) is 4.98 Å². The number of halogens is 1. The van der Waals surface area contributed by atoms with E-state index in [0.717, 1.165) is 30.9 Å². The minimum Gasteiger partial charge on any atom is -0.493 e. The van der Waals surface area contributed by atoms with Gasteiger partial charge in [-0.15, -0.1) is 0 Å². The van der Waals surface area contributed by atoms with Crippen LogP contribution in [0.25, 0.3) is 0 Å². The van der Waals surface area contributed by atoms with Crippen LogP contribution in [0.5, 0.6) is 5.75 Å². The van der Waals surface area contributed by atoms with E-state index in [2.05, 4.69) is 16.4 Å². The van der Waals surface area contributed by atoms with Crippen LogP contribution in [0.2, 0.25) is 0 Å². The van der Waals surface area contributed by atoms with Crippen molar-refractivity contribution < 1.29 is 9.13 Å². The van der Waals surface area contributed by atoms with Crippen LogP contribution in [0.4, 0.5) is 4.39 Å². The molecule has 2 heterocycles. The van der Waals surface area contributed by atoms with E-state index in [0.29, 0.717) is 5.56 Å². The maximum absolute atomic E-state index is 14.0. The van der Waals surface area contributed by atoms with Crippen LogP contribution in [0.1, 0.15) is 29.7 Å². The molecule has 0 amide bonds. The van der Waals surface area contributed by atoms with Crippen molar-refractivity contribution in [2.45, 2.75) is 19.4 Å². The predicted octanol–water partition coefficient (Wildman–Crippen LogP) is 2.85. The summed E-state index contributed by atoms with van der Waals surface area (Å²) < 4.78 is 19.5. The second kappa shape index (κ2) is 5.59. The smallest absolute Gasteiger partial charge is 0.146 e. The Bertz CT molecular complexity index is 615. The first-order chi connectivity index (χ1) is 9.79. The van der Waals surface area contributed by atoms with Crippen molar-refractivity contribution in [3.05, 3.63) is 59.2 Å². The number of hydrogen-bond donors (Lipinski definition) is 1. The fourth-order valence-electron chi connectivity index (χ4n) is 2.62. The highest BCUT2D eigenvalue weighted by molar-refractivity contribution is 5.43. The number of nitrogens with zero attached hydrogens (tertiary/aromatic N) is 1. The third kappa shape index (κ3) is 2.39. The third-order valence-electron chi connectivity index (χ3n) is 3.57. The van der Waals surface area contributed by atoms with Gasteiger partial charge in [-0.2, -0.15) is 0 Å². The Hall–Kier alpha value is -1.94. The number of nitrogens with one attached hydrogen (secondary N) is 1. The molecule has 20 heavy (non-hydrogen) atoms. The largest absolute Gasteiger partial charge is 0.493 e. The van der Waals surface area contributed by atoms with Gasteiger partial charge in [-0.25, -0.2) is 4.39 Å². The summed E-state index contributed by atoms with van der Waals surface area (Å²) in [4.78, 5) is 3.82. The van der Waals surface area contributed by atoms with Gasteiger partial charge in [0.2, 0.25) is 0 Å². The lowest BCUT2D eigenvalue weighted by atomic mass is 9.96. The van der Waals surface area contributed by atoms with E-state index in [1.54, 1.807) is 12.3 Å². The monoisotopic (exact) mass is 272 g/mol. The first-order valence-electron chi connectivity index (χ1n) is 6.88. The van der Waals surface area contributed by atoms with Crippen molar-refractivity contribution in [2.75, 3.05) is 13.2 Å². The summed E-state index contributed by atoms with van der Waals surface area (Å²) in [6.07, 6.45) is 3.80. The minimum atomic E-state index is -0.282. The van der Waals surface area contributed by atoms with E-state index in [-0.39, 0.29) is 11.9 Å². The number of pyridine rings is 1. The van der Waals surface area contributed by atoms with Crippen molar-refractivity contribution in [3.63, 3.8) is 0 Å². The maximum Gasteiger partial charge on any atom is 0.146 e. The maximum atomic E-state index is 14.0. The zero-order valence-electron chi connectivity index (χ0n) is 11.4. The van der Waals surface area contributed by atoms with Gasteiger partial charge in [0.1, 0.15) is 11.6 Å². The highest BCUT2D eigenvalue weighted by Crippen LogP contribution is 2.31. The zero-order chi connectivity index (χ0) is 13.9. The van der Waals surface area contributed by atoms with E-state index in [1.807, 2.05) is 19.1 Å². The second-order valence-electron chi connectivity index (χ2n) is 4.85. The van der Waals surface area contributed by atoms with Gasteiger partial charge in [0.25, 0.3) is 0 Å². The van der Waals surface area contributed by atoms with Crippen LogP contribution in [-0.2, 0) is 6.42 Å². The summed E-state index contributed by atoms with van der Waals surface area (Å²) in [6, 6.07) is 7.65. The number of ether oxygens (including phenoxy) is 1. The number of benzene rings is 1. The SMILES string of the molecule is CCNC(c1ccc2c(c1)CCO2)c1ccncc1F. The number of hydrogen-bond acceptors (Lipinski definition) is 3. The van der Waals surface area contributed by atoms with Crippen LogP contribution in [0.15, 0.2) is 36.7 Å². The molecule has 1 aliphatic heterocycles. The third-order valence-corrected chi connectivity index (χ3v) is 3.57. The van der Waals surface area contributed by atoms with E-state index in [1.165, 1.54) is 11.8 Å². The van der Waals surface area contributed by atoms with Crippen molar-refractivity contribution in [1.29, 1.82) is 0 Å².